The summed E-state index contributed by atoms with van der Waals surface area (Å²) >= 11 is 0.823. The molecule has 1 aromatic carbocycles. The van der Waals surface area contributed by atoms with Gasteiger partial charge < -0.3 is 15.5 Å². The summed E-state index contributed by atoms with van der Waals surface area (Å²) in [7, 11) is 0. The smallest absolute Gasteiger partial charge is 0.324 e. The second-order valence-electron chi connectivity index (χ2n) is 5.81. The van der Waals surface area contributed by atoms with Gasteiger partial charge in [0.1, 0.15) is 6.20 Å². The Balaban J connectivity index is 1.48. The summed E-state index contributed by atoms with van der Waals surface area (Å²) in [4.78, 5) is 40.1. The van der Waals surface area contributed by atoms with Gasteiger partial charge in [-0.15, -0.1) is 0 Å². The molecule has 0 radical (unpaired) electrons. The van der Waals surface area contributed by atoms with E-state index in [2.05, 4.69) is 15.6 Å². The molecule has 0 aliphatic carbocycles. The van der Waals surface area contributed by atoms with Gasteiger partial charge in [-0.2, -0.15) is 0 Å². The van der Waals surface area contributed by atoms with Crippen LogP contribution in [0, 0.1) is 16.0 Å². The molecule has 2 heterocycles. The van der Waals surface area contributed by atoms with Crippen molar-refractivity contribution < 1.29 is 14.5 Å². The zero-order valence-electron chi connectivity index (χ0n) is 13.8. The Morgan fingerprint density at radius 3 is 2.50 bits per heavy atom. The molecule has 0 unspecified atom stereocenters. The molecule has 0 spiro atoms. The fraction of sp³-hybridized carbons (Fsp3) is 0.312. The standard InChI is InChI=1S/C16H17N5O4S/c22-14(19-15-17-10-13(26-15)21(24)25)11-6-8-20(9-7-11)16(23)18-12-4-2-1-3-5-12/h1-5,10-11H,6-9H2,(H,18,23)(H,17,19,22). The summed E-state index contributed by atoms with van der Waals surface area (Å²) in [6.45, 7) is 0.934. The van der Waals surface area contributed by atoms with Gasteiger partial charge in [0.25, 0.3) is 0 Å². The van der Waals surface area contributed by atoms with Crippen LogP contribution in [0.2, 0.25) is 0 Å². The van der Waals surface area contributed by atoms with Crippen LogP contribution in [0.1, 0.15) is 12.8 Å². The molecule has 2 N–H and O–H groups in total. The number of hydrogen-bond donors (Lipinski definition) is 2. The Morgan fingerprint density at radius 1 is 1.19 bits per heavy atom. The number of carbonyl (C=O) groups is 2. The number of thiazole rings is 1. The largest absolute Gasteiger partial charge is 0.345 e. The third kappa shape index (κ3) is 4.33. The maximum absolute atomic E-state index is 12.3. The van der Waals surface area contributed by atoms with Crippen LogP contribution >= 0.6 is 11.3 Å². The number of piperidine rings is 1. The first kappa shape index (κ1) is 17.8. The second kappa shape index (κ2) is 7.91. The summed E-state index contributed by atoms with van der Waals surface area (Å²) in [5, 5.41) is 16.2. The molecule has 1 fully saturated rings. The highest BCUT2D eigenvalue weighted by Gasteiger charge is 2.28. The number of nitrogens with zero attached hydrogens (tertiary/aromatic N) is 3. The number of likely N-dealkylation sites (tertiary alicyclic amines) is 1. The molecule has 10 heteroatoms. The molecule has 1 aromatic heterocycles. The zero-order valence-corrected chi connectivity index (χ0v) is 14.6. The lowest BCUT2D eigenvalue weighted by atomic mass is 9.96. The maximum Gasteiger partial charge on any atom is 0.345 e. The lowest BCUT2D eigenvalue weighted by Gasteiger charge is -2.31. The van der Waals surface area contributed by atoms with Crippen LogP contribution in [0.15, 0.2) is 36.5 Å². The highest BCUT2D eigenvalue weighted by atomic mass is 32.1. The van der Waals surface area contributed by atoms with Crippen molar-refractivity contribution in [2.75, 3.05) is 23.7 Å². The number of hydrogen-bond acceptors (Lipinski definition) is 6. The number of rotatable bonds is 4. The van der Waals surface area contributed by atoms with Gasteiger partial charge in [-0.1, -0.05) is 18.2 Å². The van der Waals surface area contributed by atoms with Crippen LogP contribution in [-0.2, 0) is 4.79 Å². The van der Waals surface area contributed by atoms with Crippen LogP contribution in [0.25, 0.3) is 0 Å². The third-order valence-electron chi connectivity index (χ3n) is 4.08. The van der Waals surface area contributed by atoms with E-state index in [0.717, 1.165) is 23.2 Å². The summed E-state index contributed by atoms with van der Waals surface area (Å²) < 4.78 is 0. The van der Waals surface area contributed by atoms with Gasteiger partial charge in [-0.25, -0.2) is 9.78 Å². The van der Waals surface area contributed by atoms with E-state index >= 15 is 0 Å². The third-order valence-corrected chi connectivity index (χ3v) is 4.95. The molecule has 0 bridgehead atoms. The Morgan fingerprint density at radius 2 is 1.88 bits per heavy atom. The number of nitrogens with one attached hydrogen (secondary N) is 2. The Kier molecular flexibility index (Phi) is 5.42. The Bertz CT molecular complexity index is 802. The first-order valence-corrected chi connectivity index (χ1v) is 8.86. The summed E-state index contributed by atoms with van der Waals surface area (Å²) in [6.07, 6.45) is 2.18. The average Bonchev–Trinajstić information content (AvgIpc) is 3.11. The topological polar surface area (TPSA) is 117 Å². The lowest BCUT2D eigenvalue weighted by molar-refractivity contribution is -0.380. The van der Waals surface area contributed by atoms with E-state index in [0.29, 0.717) is 25.9 Å². The molecule has 26 heavy (non-hydrogen) atoms. The van der Waals surface area contributed by atoms with Crippen molar-refractivity contribution in [3.05, 3.63) is 46.6 Å². The van der Waals surface area contributed by atoms with Gasteiger partial charge >= 0.3 is 11.0 Å². The van der Waals surface area contributed by atoms with Crippen molar-refractivity contribution >= 4 is 39.1 Å². The molecule has 1 saturated heterocycles. The molecular weight excluding hydrogens is 358 g/mol. The van der Waals surface area contributed by atoms with Crippen LogP contribution < -0.4 is 10.6 Å². The van der Waals surface area contributed by atoms with Crippen LogP contribution in [-0.4, -0.2) is 39.8 Å². The molecule has 1 aliphatic heterocycles. The minimum absolute atomic E-state index is 0.118. The minimum atomic E-state index is -0.544. The monoisotopic (exact) mass is 375 g/mol. The quantitative estimate of drug-likeness (QED) is 0.629. The molecule has 0 saturated carbocycles. The van der Waals surface area contributed by atoms with Crippen molar-refractivity contribution in [3.63, 3.8) is 0 Å². The molecule has 9 nitrogen and oxygen atoms in total. The van der Waals surface area contributed by atoms with Crippen molar-refractivity contribution in [3.8, 4) is 0 Å². The number of benzene rings is 1. The van der Waals surface area contributed by atoms with Gasteiger partial charge in [0, 0.05) is 24.7 Å². The Labute approximate surface area is 153 Å². The number of carbonyl (C=O) groups excluding carboxylic acids is 2. The summed E-state index contributed by atoms with van der Waals surface area (Å²) in [5.74, 6) is -0.476. The van der Waals surface area contributed by atoms with E-state index in [9.17, 15) is 19.7 Å². The molecule has 0 atom stereocenters. The van der Waals surface area contributed by atoms with Crippen molar-refractivity contribution in [2.24, 2.45) is 5.92 Å². The summed E-state index contributed by atoms with van der Waals surface area (Å²) in [6, 6.07) is 8.99. The van der Waals surface area contributed by atoms with E-state index in [4.69, 9.17) is 0 Å². The van der Waals surface area contributed by atoms with Crippen LogP contribution in [0.4, 0.5) is 20.6 Å². The SMILES string of the molecule is O=C(Nc1ncc([N+](=O)[O-])s1)C1CCN(C(=O)Nc2ccccc2)CC1. The van der Waals surface area contributed by atoms with Gasteiger partial charge in [0.2, 0.25) is 5.91 Å². The number of aromatic nitrogens is 1. The number of nitro groups is 1. The van der Waals surface area contributed by atoms with Crippen molar-refractivity contribution in [1.82, 2.24) is 9.88 Å². The first-order valence-electron chi connectivity index (χ1n) is 8.05. The molecule has 136 valence electrons. The van der Waals surface area contributed by atoms with Gasteiger partial charge in [0.15, 0.2) is 5.13 Å². The predicted molar refractivity (Wildman–Crippen MR) is 97.2 cm³/mol. The fourth-order valence-electron chi connectivity index (χ4n) is 2.68. The minimum Gasteiger partial charge on any atom is -0.324 e. The van der Waals surface area contributed by atoms with Crippen molar-refractivity contribution in [1.29, 1.82) is 0 Å². The Hall–Kier alpha value is -3.01. The maximum atomic E-state index is 12.3. The van der Waals surface area contributed by atoms with E-state index in [-0.39, 0.29) is 28.0 Å². The second-order valence-corrected chi connectivity index (χ2v) is 6.82. The number of urea groups is 1. The van der Waals surface area contributed by atoms with E-state index in [1.54, 1.807) is 4.90 Å². The summed E-state index contributed by atoms with van der Waals surface area (Å²) in [5.41, 5.74) is 0.725. The van der Waals surface area contributed by atoms with Crippen LogP contribution in [0.3, 0.4) is 0 Å². The zero-order chi connectivity index (χ0) is 18.5. The lowest BCUT2D eigenvalue weighted by Crippen LogP contribution is -2.43. The first-order chi connectivity index (χ1) is 12.5. The van der Waals surface area contributed by atoms with Gasteiger partial charge in [-0.05, 0) is 36.3 Å². The van der Waals surface area contributed by atoms with Gasteiger partial charge in [-0.3, -0.25) is 14.9 Å². The highest BCUT2D eigenvalue weighted by molar-refractivity contribution is 7.18. The predicted octanol–water partition coefficient (Wildman–Crippen LogP) is 2.93. The van der Waals surface area contributed by atoms with E-state index in [1.165, 1.54) is 0 Å². The van der Waals surface area contributed by atoms with Gasteiger partial charge in [0.05, 0.1) is 4.92 Å². The fourth-order valence-corrected chi connectivity index (χ4v) is 3.32. The van der Waals surface area contributed by atoms with Crippen molar-refractivity contribution in [2.45, 2.75) is 12.8 Å². The number of para-hydroxylation sites is 1. The molecule has 1 aliphatic rings. The van der Waals surface area contributed by atoms with E-state index in [1.807, 2.05) is 30.3 Å². The molecule has 2 aromatic rings. The number of anilines is 2. The number of amides is 3. The highest BCUT2D eigenvalue weighted by Crippen LogP contribution is 2.26. The van der Waals surface area contributed by atoms with Crippen LogP contribution in [0.5, 0.6) is 0 Å². The molecular formula is C16H17N5O4S. The molecule has 3 amide bonds. The van der Waals surface area contributed by atoms with E-state index < -0.39 is 4.92 Å². The normalized spacial score (nSPS) is 14.7. The average molecular weight is 375 g/mol. The molecule has 3 rings (SSSR count).